The van der Waals surface area contributed by atoms with E-state index in [1.54, 1.807) is 35.5 Å². The Kier molecular flexibility index (Phi) is 2.13. The number of ether oxygens (including phenoxy) is 1. The molecule has 0 aliphatic carbocycles. The van der Waals surface area contributed by atoms with Gasteiger partial charge < -0.3 is 14.7 Å². The Hall–Kier alpha value is -2.21. The number of amides is 1. The Bertz CT molecular complexity index is 629. The molecule has 4 unspecified atom stereocenters. The van der Waals surface area contributed by atoms with Gasteiger partial charge in [0.05, 0.1) is 30.5 Å². The average Bonchev–Trinajstić information content (AvgIpc) is 3.08. The van der Waals surface area contributed by atoms with Crippen molar-refractivity contribution in [1.29, 1.82) is 0 Å². The maximum absolute atomic E-state index is 12.6. The van der Waals surface area contributed by atoms with Gasteiger partial charge in [0.15, 0.2) is 0 Å². The van der Waals surface area contributed by atoms with Gasteiger partial charge >= 0.3 is 5.97 Å². The highest BCUT2D eigenvalue weighted by Gasteiger charge is 2.67. The van der Waals surface area contributed by atoms with Crippen LogP contribution in [0.5, 0.6) is 0 Å². The van der Waals surface area contributed by atoms with Gasteiger partial charge in [0.25, 0.3) is 0 Å². The second-order valence-corrected chi connectivity index (χ2v) is 5.37. The minimum Gasteiger partial charge on any atom is -0.481 e. The number of fused-ring (bicyclic) bond motifs is 1. The number of pyridine rings is 1. The molecule has 4 atom stereocenters. The van der Waals surface area contributed by atoms with E-state index < -0.39 is 29.5 Å². The van der Waals surface area contributed by atoms with Crippen molar-refractivity contribution in [2.45, 2.75) is 11.7 Å². The Morgan fingerprint density at radius 1 is 1.55 bits per heavy atom. The number of anilines is 1. The summed E-state index contributed by atoms with van der Waals surface area (Å²) in [5.74, 6) is -2.62. The maximum Gasteiger partial charge on any atom is 0.310 e. The van der Waals surface area contributed by atoms with Crippen LogP contribution < -0.4 is 4.90 Å². The third kappa shape index (κ3) is 1.29. The van der Waals surface area contributed by atoms with E-state index in [2.05, 4.69) is 4.98 Å². The van der Waals surface area contributed by atoms with E-state index in [0.29, 0.717) is 12.2 Å². The topological polar surface area (TPSA) is 79.7 Å². The van der Waals surface area contributed by atoms with E-state index in [1.165, 1.54) is 0 Å². The van der Waals surface area contributed by atoms with Crippen LogP contribution >= 0.6 is 0 Å². The van der Waals surface area contributed by atoms with Gasteiger partial charge in [-0.25, -0.2) is 0 Å². The molecule has 2 saturated heterocycles. The molecule has 2 fully saturated rings. The third-order valence-corrected chi connectivity index (χ3v) is 4.34. The van der Waals surface area contributed by atoms with Crippen molar-refractivity contribution in [3.63, 3.8) is 0 Å². The average molecular weight is 272 g/mol. The fourth-order valence-electron chi connectivity index (χ4n) is 3.51. The van der Waals surface area contributed by atoms with E-state index in [0.717, 1.165) is 0 Å². The molecule has 0 aromatic carbocycles. The summed E-state index contributed by atoms with van der Waals surface area (Å²) in [5.41, 5.74) is -0.119. The smallest absolute Gasteiger partial charge is 0.310 e. The monoisotopic (exact) mass is 272 g/mol. The first-order valence-electron chi connectivity index (χ1n) is 6.44. The summed E-state index contributed by atoms with van der Waals surface area (Å²) in [6.07, 6.45) is 6.34. The molecule has 3 aliphatic heterocycles. The number of hydrogen-bond donors (Lipinski definition) is 1. The van der Waals surface area contributed by atoms with Crippen LogP contribution in [0, 0.1) is 11.8 Å². The van der Waals surface area contributed by atoms with Crippen LogP contribution in [-0.4, -0.2) is 40.2 Å². The number of aliphatic carboxylic acids is 1. The summed E-state index contributed by atoms with van der Waals surface area (Å²) in [6.45, 7) is 0.346. The van der Waals surface area contributed by atoms with Gasteiger partial charge in [-0.2, -0.15) is 0 Å². The first-order chi connectivity index (χ1) is 9.62. The number of rotatable bonds is 2. The van der Waals surface area contributed by atoms with Gasteiger partial charge in [-0.05, 0) is 12.1 Å². The zero-order chi connectivity index (χ0) is 13.9. The minimum atomic E-state index is -0.979. The summed E-state index contributed by atoms with van der Waals surface area (Å²) in [7, 11) is 0. The number of carboxylic acid groups (broad SMARTS) is 1. The number of hydrogen-bond acceptors (Lipinski definition) is 4. The van der Waals surface area contributed by atoms with Gasteiger partial charge in [0, 0.05) is 6.20 Å². The Labute approximate surface area is 114 Å². The lowest BCUT2D eigenvalue weighted by molar-refractivity contribution is -0.146. The Morgan fingerprint density at radius 2 is 2.40 bits per heavy atom. The lowest BCUT2D eigenvalue weighted by Crippen LogP contribution is -2.39. The molecule has 1 amide bonds. The molecule has 4 heterocycles. The summed E-state index contributed by atoms with van der Waals surface area (Å²) in [4.78, 5) is 29.6. The predicted octanol–water partition coefficient (Wildman–Crippen LogP) is 0.453. The lowest BCUT2D eigenvalue weighted by Gasteiger charge is -2.21. The standard InChI is InChI=1S/C14H12N2O4/c17-12-11-10(13(18)19)9-3-4-14(11,20-9)7-16(12)8-2-1-5-15-6-8/h1-6,9-11H,7H2,(H,18,19). The SMILES string of the molecule is O=C(O)C1C2C=CC3(CN(c4cccnc4)C(=O)C13)O2. The Morgan fingerprint density at radius 3 is 3.10 bits per heavy atom. The molecule has 1 N–H and O–H groups in total. The van der Waals surface area contributed by atoms with Crippen LogP contribution in [0.25, 0.3) is 0 Å². The minimum absolute atomic E-state index is 0.197. The number of aromatic nitrogens is 1. The van der Waals surface area contributed by atoms with Crippen molar-refractivity contribution in [2.24, 2.45) is 11.8 Å². The second-order valence-electron chi connectivity index (χ2n) is 5.37. The number of carbonyl (C=O) groups excluding carboxylic acids is 1. The highest BCUT2D eigenvalue weighted by atomic mass is 16.5. The largest absolute Gasteiger partial charge is 0.481 e. The van der Waals surface area contributed by atoms with Crippen LogP contribution in [0.2, 0.25) is 0 Å². The van der Waals surface area contributed by atoms with E-state index in [9.17, 15) is 14.7 Å². The molecule has 1 spiro atoms. The fraction of sp³-hybridized carbons (Fsp3) is 0.357. The zero-order valence-corrected chi connectivity index (χ0v) is 10.5. The predicted molar refractivity (Wildman–Crippen MR) is 67.9 cm³/mol. The highest BCUT2D eigenvalue weighted by Crippen LogP contribution is 2.52. The van der Waals surface area contributed by atoms with Gasteiger partial charge in [0.2, 0.25) is 5.91 Å². The van der Waals surface area contributed by atoms with Crippen LogP contribution in [-0.2, 0) is 14.3 Å². The molecule has 4 rings (SSSR count). The van der Waals surface area contributed by atoms with Crippen molar-refractivity contribution in [2.75, 3.05) is 11.4 Å². The molecule has 3 aliphatic rings. The molecular formula is C14H12N2O4. The molecular weight excluding hydrogens is 260 g/mol. The zero-order valence-electron chi connectivity index (χ0n) is 10.5. The maximum atomic E-state index is 12.6. The van der Waals surface area contributed by atoms with E-state index >= 15 is 0 Å². The second kappa shape index (κ2) is 3.67. The third-order valence-electron chi connectivity index (χ3n) is 4.34. The molecule has 1 aromatic rings. The lowest BCUT2D eigenvalue weighted by atomic mass is 9.77. The van der Waals surface area contributed by atoms with E-state index in [1.807, 2.05) is 6.08 Å². The number of carbonyl (C=O) groups is 2. The molecule has 0 saturated carbocycles. The summed E-state index contributed by atoms with van der Waals surface area (Å²) >= 11 is 0. The highest BCUT2D eigenvalue weighted by molar-refractivity contribution is 6.02. The van der Waals surface area contributed by atoms with Crippen molar-refractivity contribution in [3.05, 3.63) is 36.7 Å². The normalized spacial score (nSPS) is 37.5. The summed E-state index contributed by atoms with van der Waals surface area (Å²) in [5, 5.41) is 9.36. The van der Waals surface area contributed by atoms with Gasteiger partial charge in [-0.3, -0.25) is 14.6 Å². The van der Waals surface area contributed by atoms with Gasteiger partial charge in [-0.1, -0.05) is 12.2 Å². The van der Waals surface area contributed by atoms with Gasteiger partial charge in [0.1, 0.15) is 11.5 Å². The van der Waals surface area contributed by atoms with Crippen molar-refractivity contribution >= 4 is 17.6 Å². The fourth-order valence-corrected chi connectivity index (χ4v) is 3.51. The van der Waals surface area contributed by atoms with Crippen LogP contribution in [0.1, 0.15) is 0 Å². The first kappa shape index (κ1) is 11.6. The quantitative estimate of drug-likeness (QED) is 0.791. The summed E-state index contributed by atoms with van der Waals surface area (Å²) in [6, 6.07) is 3.53. The molecule has 0 radical (unpaired) electrons. The summed E-state index contributed by atoms with van der Waals surface area (Å²) < 4.78 is 5.81. The van der Waals surface area contributed by atoms with Crippen LogP contribution in [0.4, 0.5) is 5.69 Å². The van der Waals surface area contributed by atoms with Crippen molar-refractivity contribution in [3.8, 4) is 0 Å². The number of nitrogens with zero attached hydrogens (tertiary/aromatic N) is 2. The Balaban J connectivity index is 1.76. The van der Waals surface area contributed by atoms with Crippen LogP contribution in [0.3, 0.4) is 0 Å². The first-order valence-corrected chi connectivity index (χ1v) is 6.44. The number of carboxylic acids is 1. The molecule has 20 heavy (non-hydrogen) atoms. The molecule has 1 aromatic heterocycles. The van der Waals surface area contributed by atoms with Crippen molar-refractivity contribution < 1.29 is 19.4 Å². The molecule has 102 valence electrons. The van der Waals surface area contributed by atoms with Crippen molar-refractivity contribution in [1.82, 2.24) is 4.98 Å². The molecule has 2 bridgehead atoms. The van der Waals surface area contributed by atoms with E-state index in [4.69, 9.17) is 4.74 Å². The molecule has 6 nitrogen and oxygen atoms in total. The molecule has 6 heteroatoms. The van der Waals surface area contributed by atoms with Crippen LogP contribution in [0.15, 0.2) is 36.7 Å². The van der Waals surface area contributed by atoms with E-state index in [-0.39, 0.29) is 5.91 Å². The van der Waals surface area contributed by atoms with Gasteiger partial charge in [-0.15, -0.1) is 0 Å².